The number of rotatable bonds is 6. The van der Waals surface area contributed by atoms with Crippen LogP contribution in [-0.2, 0) is 20.9 Å². The van der Waals surface area contributed by atoms with Gasteiger partial charge in [0.2, 0.25) is 0 Å². The van der Waals surface area contributed by atoms with Crippen molar-refractivity contribution in [1.82, 2.24) is 4.90 Å². The first-order valence-corrected chi connectivity index (χ1v) is 14.3. The number of benzene rings is 3. The summed E-state index contributed by atoms with van der Waals surface area (Å²) in [7, 11) is 0. The minimum Gasteiger partial charge on any atom is -0.441 e. The normalized spacial score (nSPS) is 19.9. The minimum absolute atomic E-state index is 0.250. The summed E-state index contributed by atoms with van der Waals surface area (Å²) in [5.74, 6) is -0.0955. The Labute approximate surface area is 237 Å². The van der Waals surface area contributed by atoms with E-state index in [0.29, 0.717) is 23.9 Å². The molecule has 2 heterocycles. The lowest BCUT2D eigenvalue weighted by Crippen LogP contribution is -2.46. The predicted octanol–water partition coefficient (Wildman–Crippen LogP) is 6.79. The molecule has 4 fully saturated rings. The van der Waals surface area contributed by atoms with Crippen LogP contribution >= 0.6 is 0 Å². The van der Waals surface area contributed by atoms with Crippen LogP contribution in [0.2, 0.25) is 0 Å². The van der Waals surface area contributed by atoms with E-state index in [2.05, 4.69) is 17.0 Å². The standard InChI is InChI=1S/C32H32F2N2O2.CO2/c33-24-10-11-26(29(34)18-24)30-27(22-6-7-22)16-21(17-28(30)23-8-9-23)19-35-14-12-32(13-15-35)20-36(31(37)38-32)25-4-2-1-3-5-25;2-1-3/h1-5,10-11,16-18,22-23H,6-9,12-15,19-20H2;. The van der Waals surface area contributed by atoms with Gasteiger partial charge in [-0.3, -0.25) is 9.80 Å². The molecule has 0 N–H and O–H groups in total. The first-order chi connectivity index (χ1) is 19.9. The van der Waals surface area contributed by atoms with Crippen LogP contribution in [0.5, 0.6) is 0 Å². The lowest BCUT2D eigenvalue weighted by molar-refractivity contribution is -0.191. The van der Waals surface area contributed by atoms with Gasteiger partial charge in [-0.2, -0.15) is 9.59 Å². The van der Waals surface area contributed by atoms with Gasteiger partial charge in [0.1, 0.15) is 17.2 Å². The molecular weight excluding hydrogens is 526 g/mol. The Balaban J connectivity index is 0.000000967. The lowest BCUT2D eigenvalue weighted by Gasteiger charge is -2.37. The number of halogens is 2. The number of anilines is 1. The van der Waals surface area contributed by atoms with Gasteiger partial charge in [0.15, 0.2) is 0 Å². The molecule has 2 saturated carbocycles. The first kappa shape index (κ1) is 27.3. The Morgan fingerprint density at radius 3 is 2.05 bits per heavy atom. The fourth-order valence-electron chi connectivity index (χ4n) is 6.35. The number of hydrogen-bond donors (Lipinski definition) is 0. The molecular formula is C33H32F2N2O4. The molecule has 0 aromatic heterocycles. The quantitative estimate of drug-likeness (QED) is 0.333. The predicted molar refractivity (Wildman–Crippen MR) is 148 cm³/mol. The molecule has 1 spiro atoms. The van der Waals surface area contributed by atoms with Gasteiger partial charge in [0.25, 0.3) is 0 Å². The smallest absolute Gasteiger partial charge is 0.415 e. The zero-order chi connectivity index (χ0) is 28.6. The van der Waals surface area contributed by atoms with Crippen molar-refractivity contribution in [1.29, 1.82) is 0 Å². The Kier molecular flexibility index (Phi) is 7.45. The highest BCUT2D eigenvalue weighted by Gasteiger charge is 2.47. The van der Waals surface area contributed by atoms with E-state index in [1.807, 2.05) is 30.3 Å². The summed E-state index contributed by atoms with van der Waals surface area (Å²) < 4.78 is 34.6. The topological polar surface area (TPSA) is 66.9 Å². The summed E-state index contributed by atoms with van der Waals surface area (Å²) in [6, 6.07) is 18.3. The van der Waals surface area contributed by atoms with Crippen LogP contribution in [0.25, 0.3) is 11.1 Å². The average Bonchev–Trinajstić information content (AvgIpc) is 3.89. The van der Waals surface area contributed by atoms with E-state index in [9.17, 15) is 13.6 Å². The summed E-state index contributed by atoms with van der Waals surface area (Å²) in [5.41, 5.74) is 5.73. The maximum atomic E-state index is 15.0. The Bertz CT molecular complexity index is 1440. The summed E-state index contributed by atoms with van der Waals surface area (Å²) in [5, 5.41) is 0. The Morgan fingerprint density at radius 2 is 1.49 bits per heavy atom. The second-order valence-corrected chi connectivity index (χ2v) is 11.7. The fourth-order valence-corrected chi connectivity index (χ4v) is 6.35. The number of hydrogen-bond acceptors (Lipinski definition) is 5. The van der Waals surface area contributed by atoms with E-state index in [-0.39, 0.29) is 12.2 Å². The van der Waals surface area contributed by atoms with Crippen molar-refractivity contribution in [3.05, 3.63) is 89.0 Å². The van der Waals surface area contributed by atoms with Crippen LogP contribution < -0.4 is 4.90 Å². The number of ether oxygens (including phenoxy) is 1. The molecule has 41 heavy (non-hydrogen) atoms. The molecule has 2 saturated heterocycles. The molecule has 0 unspecified atom stereocenters. The highest BCUT2D eigenvalue weighted by atomic mass is 19.1. The zero-order valence-electron chi connectivity index (χ0n) is 22.8. The molecule has 2 aliphatic heterocycles. The third-order valence-electron chi connectivity index (χ3n) is 8.71. The summed E-state index contributed by atoms with van der Waals surface area (Å²) in [6.07, 6.45) is 6.12. The monoisotopic (exact) mass is 558 g/mol. The highest BCUT2D eigenvalue weighted by molar-refractivity contribution is 5.90. The molecule has 6 nitrogen and oxygen atoms in total. The fraction of sp³-hybridized carbons (Fsp3) is 0.394. The molecule has 3 aromatic rings. The van der Waals surface area contributed by atoms with Gasteiger partial charge in [-0.15, -0.1) is 0 Å². The number of amides is 1. The van der Waals surface area contributed by atoms with E-state index < -0.39 is 17.2 Å². The van der Waals surface area contributed by atoms with Gasteiger partial charge in [0, 0.05) is 49.8 Å². The third-order valence-corrected chi connectivity index (χ3v) is 8.71. The molecule has 7 rings (SSSR count). The summed E-state index contributed by atoms with van der Waals surface area (Å²) >= 11 is 0. The number of para-hydroxylation sites is 1. The largest absolute Gasteiger partial charge is 0.441 e. The Morgan fingerprint density at radius 1 is 0.878 bits per heavy atom. The first-order valence-electron chi connectivity index (χ1n) is 14.3. The van der Waals surface area contributed by atoms with Crippen LogP contribution in [0.3, 0.4) is 0 Å². The van der Waals surface area contributed by atoms with Crippen LogP contribution in [0.4, 0.5) is 19.3 Å². The molecule has 2 aliphatic carbocycles. The van der Waals surface area contributed by atoms with Gasteiger partial charge in [-0.25, -0.2) is 13.6 Å². The summed E-state index contributed by atoms with van der Waals surface area (Å²) in [6.45, 7) is 3.15. The van der Waals surface area contributed by atoms with Crippen molar-refractivity contribution in [2.24, 2.45) is 0 Å². The van der Waals surface area contributed by atoms with Crippen molar-refractivity contribution < 1.29 is 27.9 Å². The Hall–Kier alpha value is -3.87. The number of piperidine rings is 1. The van der Waals surface area contributed by atoms with Crippen molar-refractivity contribution >= 4 is 17.9 Å². The van der Waals surface area contributed by atoms with Crippen LogP contribution in [0, 0.1) is 11.6 Å². The molecule has 212 valence electrons. The van der Waals surface area contributed by atoms with Gasteiger partial charge in [0.05, 0.1) is 6.54 Å². The highest BCUT2D eigenvalue weighted by Crippen LogP contribution is 2.52. The van der Waals surface area contributed by atoms with Gasteiger partial charge in [-0.05, 0) is 84.0 Å². The average molecular weight is 559 g/mol. The maximum Gasteiger partial charge on any atom is 0.415 e. The van der Waals surface area contributed by atoms with E-state index in [4.69, 9.17) is 14.3 Å². The van der Waals surface area contributed by atoms with E-state index in [1.165, 1.54) is 22.8 Å². The van der Waals surface area contributed by atoms with Crippen molar-refractivity contribution in [2.75, 3.05) is 24.5 Å². The van der Waals surface area contributed by atoms with E-state index >= 15 is 0 Å². The van der Waals surface area contributed by atoms with Crippen LogP contribution in [-0.4, -0.2) is 42.4 Å². The number of likely N-dealkylation sites (tertiary alicyclic amines) is 1. The number of carbonyl (C=O) groups is 1. The third kappa shape index (κ3) is 5.81. The summed E-state index contributed by atoms with van der Waals surface area (Å²) in [4.78, 5) is 33.1. The second-order valence-electron chi connectivity index (χ2n) is 11.7. The van der Waals surface area contributed by atoms with Gasteiger partial charge >= 0.3 is 12.2 Å². The molecule has 0 radical (unpaired) electrons. The molecule has 1 amide bonds. The van der Waals surface area contributed by atoms with Gasteiger partial charge < -0.3 is 4.74 Å². The van der Waals surface area contributed by atoms with Crippen molar-refractivity contribution in [3.8, 4) is 11.1 Å². The number of carbonyl (C=O) groups excluding carboxylic acids is 3. The van der Waals surface area contributed by atoms with E-state index in [1.54, 1.807) is 11.0 Å². The number of nitrogens with zero attached hydrogens (tertiary/aromatic N) is 2. The molecule has 8 heteroatoms. The van der Waals surface area contributed by atoms with E-state index in [0.717, 1.165) is 75.5 Å². The zero-order valence-corrected chi connectivity index (χ0v) is 22.8. The van der Waals surface area contributed by atoms with Crippen LogP contribution in [0.15, 0.2) is 60.7 Å². The molecule has 0 bridgehead atoms. The maximum absolute atomic E-state index is 15.0. The van der Waals surface area contributed by atoms with Crippen molar-refractivity contribution in [2.45, 2.75) is 62.5 Å². The molecule has 3 aromatic carbocycles. The van der Waals surface area contributed by atoms with Crippen LogP contribution in [0.1, 0.15) is 67.1 Å². The minimum atomic E-state index is -0.536. The van der Waals surface area contributed by atoms with Crippen molar-refractivity contribution in [3.63, 3.8) is 0 Å². The lowest BCUT2D eigenvalue weighted by atomic mass is 9.87. The second kappa shape index (κ2) is 11.2. The molecule has 4 aliphatic rings. The SMILES string of the molecule is O=C1OC2(CCN(Cc3cc(C4CC4)c(-c4ccc(F)cc4F)c(C4CC4)c3)CC2)CN1c1ccccc1.O=C=O. The van der Waals surface area contributed by atoms with Gasteiger partial charge in [-0.1, -0.05) is 30.3 Å². The molecule has 0 atom stereocenters.